The van der Waals surface area contributed by atoms with Crippen molar-refractivity contribution in [2.75, 3.05) is 0 Å². The first-order chi connectivity index (χ1) is 6.90. The highest BCUT2D eigenvalue weighted by Gasteiger charge is 2.14. The molecule has 1 nitrogen and oxygen atoms in total. The molecule has 1 aromatic carbocycles. The van der Waals surface area contributed by atoms with Gasteiger partial charge in [-0.2, -0.15) is 0 Å². The normalized spacial score (nSPS) is 18.0. The molecule has 1 fully saturated rings. The lowest BCUT2D eigenvalue weighted by atomic mass is 9.84. The average molecular weight is 187 g/mol. The van der Waals surface area contributed by atoms with Crippen molar-refractivity contribution < 1.29 is 0 Å². The van der Waals surface area contributed by atoms with Gasteiger partial charge in [-0.25, -0.2) is 0 Å². The maximum absolute atomic E-state index is 3.91. The molecule has 14 heavy (non-hydrogen) atoms. The van der Waals surface area contributed by atoms with E-state index in [0.717, 1.165) is 11.6 Å². The number of rotatable bonds is 2. The molecule has 0 amide bonds. The predicted molar refractivity (Wildman–Crippen MR) is 61.5 cm³/mol. The number of benzene rings is 1. The lowest BCUT2D eigenvalue weighted by Crippen LogP contribution is -2.03. The Morgan fingerprint density at radius 2 is 1.64 bits per heavy atom. The largest absolute Gasteiger partial charge is 0.265 e. The standard InChI is InChI=1S/C13H17N/c1-14-13-9-7-12(8-10-13)11-5-3-2-4-6-11/h7-11H,1-6H2. The van der Waals surface area contributed by atoms with Gasteiger partial charge in [0.1, 0.15) is 0 Å². The van der Waals surface area contributed by atoms with E-state index in [2.05, 4.69) is 36.0 Å². The summed E-state index contributed by atoms with van der Waals surface area (Å²) in [6.07, 6.45) is 6.93. The van der Waals surface area contributed by atoms with Crippen molar-refractivity contribution in [2.45, 2.75) is 38.0 Å². The number of nitrogens with zero attached hydrogens (tertiary/aromatic N) is 1. The van der Waals surface area contributed by atoms with E-state index in [1.54, 1.807) is 0 Å². The Morgan fingerprint density at radius 3 is 2.21 bits per heavy atom. The summed E-state index contributed by atoms with van der Waals surface area (Å²) >= 11 is 0. The first-order valence-corrected chi connectivity index (χ1v) is 5.47. The zero-order valence-corrected chi connectivity index (χ0v) is 8.58. The van der Waals surface area contributed by atoms with E-state index >= 15 is 0 Å². The van der Waals surface area contributed by atoms with E-state index in [1.807, 2.05) is 0 Å². The number of hydrogen-bond acceptors (Lipinski definition) is 1. The van der Waals surface area contributed by atoms with Gasteiger partial charge in [-0.15, -0.1) is 0 Å². The van der Waals surface area contributed by atoms with Crippen LogP contribution < -0.4 is 0 Å². The maximum Gasteiger partial charge on any atom is 0.0622 e. The minimum Gasteiger partial charge on any atom is -0.265 e. The molecule has 0 saturated heterocycles. The minimum absolute atomic E-state index is 0.794. The Balaban J connectivity index is 2.11. The van der Waals surface area contributed by atoms with Crippen LogP contribution in [0.3, 0.4) is 0 Å². The summed E-state index contributed by atoms with van der Waals surface area (Å²) in [7, 11) is 0. The lowest BCUT2D eigenvalue weighted by Gasteiger charge is -2.21. The van der Waals surface area contributed by atoms with Gasteiger partial charge in [0.05, 0.1) is 5.69 Å². The molecule has 1 saturated carbocycles. The van der Waals surface area contributed by atoms with E-state index in [4.69, 9.17) is 0 Å². The summed E-state index contributed by atoms with van der Waals surface area (Å²) in [6.45, 7) is 3.52. The van der Waals surface area contributed by atoms with Gasteiger partial charge in [-0.3, -0.25) is 4.99 Å². The number of aliphatic imine (C=N–C) groups is 1. The Labute approximate surface area is 85.9 Å². The number of hydrogen-bond donors (Lipinski definition) is 0. The van der Waals surface area contributed by atoms with E-state index in [-0.39, 0.29) is 0 Å². The maximum atomic E-state index is 3.91. The van der Waals surface area contributed by atoms with Crippen molar-refractivity contribution in [1.82, 2.24) is 0 Å². The van der Waals surface area contributed by atoms with Gasteiger partial charge in [0.15, 0.2) is 0 Å². The van der Waals surface area contributed by atoms with Crippen LogP contribution in [0.25, 0.3) is 0 Å². The molecule has 0 heterocycles. The molecule has 0 bridgehead atoms. The van der Waals surface area contributed by atoms with Gasteiger partial charge < -0.3 is 0 Å². The summed E-state index contributed by atoms with van der Waals surface area (Å²) in [5, 5.41) is 0. The molecule has 0 aromatic heterocycles. The molecule has 0 unspecified atom stereocenters. The molecule has 1 aliphatic rings. The monoisotopic (exact) mass is 187 g/mol. The summed E-state index contributed by atoms with van der Waals surface area (Å²) in [5.41, 5.74) is 2.46. The third-order valence-corrected chi connectivity index (χ3v) is 3.15. The molecular weight excluding hydrogens is 170 g/mol. The van der Waals surface area contributed by atoms with E-state index in [0.29, 0.717) is 0 Å². The summed E-state index contributed by atoms with van der Waals surface area (Å²) in [5.74, 6) is 0.794. The fourth-order valence-electron chi connectivity index (χ4n) is 2.29. The average Bonchev–Trinajstić information content (AvgIpc) is 2.30. The molecule has 74 valence electrons. The van der Waals surface area contributed by atoms with Gasteiger partial charge >= 0.3 is 0 Å². The van der Waals surface area contributed by atoms with Crippen LogP contribution in [0.1, 0.15) is 43.6 Å². The van der Waals surface area contributed by atoms with Crippen LogP contribution in [-0.4, -0.2) is 6.72 Å². The van der Waals surface area contributed by atoms with Crippen molar-refractivity contribution in [1.29, 1.82) is 0 Å². The highest BCUT2D eigenvalue weighted by molar-refractivity contribution is 5.46. The molecule has 0 radical (unpaired) electrons. The van der Waals surface area contributed by atoms with Crippen molar-refractivity contribution in [3.63, 3.8) is 0 Å². The van der Waals surface area contributed by atoms with Crippen LogP contribution in [0, 0.1) is 0 Å². The Bertz CT molecular complexity index is 294. The summed E-state index contributed by atoms with van der Waals surface area (Å²) < 4.78 is 0. The summed E-state index contributed by atoms with van der Waals surface area (Å²) in [6, 6.07) is 8.55. The molecule has 0 aliphatic heterocycles. The van der Waals surface area contributed by atoms with Crippen LogP contribution in [0.15, 0.2) is 29.3 Å². The molecule has 0 atom stereocenters. The molecule has 1 aromatic rings. The Hall–Kier alpha value is -1.11. The van der Waals surface area contributed by atoms with Crippen LogP contribution in [0.4, 0.5) is 5.69 Å². The zero-order valence-electron chi connectivity index (χ0n) is 8.58. The Morgan fingerprint density at radius 1 is 1.00 bits per heavy atom. The van der Waals surface area contributed by atoms with Gasteiger partial charge in [0.2, 0.25) is 0 Å². The topological polar surface area (TPSA) is 12.4 Å². The molecule has 2 rings (SSSR count). The van der Waals surface area contributed by atoms with E-state index in [1.165, 1.54) is 37.7 Å². The Kier molecular flexibility index (Phi) is 2.97. The molecular formula is C13H17N. The minimum atomic E-state index is 0.794. The van der Waals surface area contributed by atoms with Crippen LogP contribution in [-0.2, 0) is 0 Å². The van der Waals surface area contributed by atoms with Crippen molar-refractivity contribution >= 4 is 12.4 Å². The third-order valence-electron chi connectivity index (χ3n) is 3.15. The van der Waals surface area contributed by atoms with Crippen molar-refractivity contribution in [2.24, 2.45) is 4.99 Å². The van der Waals surface area contributed by atoms with Gasteiger partial charge in [-0.1, -0.05) is 31.4 Å². The molecule has 1 heteroatoms. The fraction of sp³-hybridized carbons (Fsp3) is 0.462. The van der Waals surface area contributed by atoms with Gasteiger partial charge in [0.25, 0.3) is 0 Å². The van der Waals surface area contributed by atoms with Crippen molar-refractivity contribution in [3.05, 3.63) is 29.8 Å². The van der Waals surface area contributed by atoms with Crippen molar-refractivity contribution in [3.8, 4) is 0 Å². The van der Waals surface area contributed by atoms with Gasteiger partial charge in [-0.05, 0) is 43.2 Å². The lowest BCUT2D eigenvalue weighted by molar-refractivity contribution is 0.443. The van der Waals surface area contributed by atoms with Gasteiger partial charge in [0, 0.05) is 0 Å². The fourth-order valence-corrected chi connectivity index (χ4v) is 2.29. The van der Waals surface area contributed by atoms with E-state index < -0.39 is 0 Å². The summed E-state index contributed by atoms with van der Waals surface area (Å²) in [4.78, 5) is 3.91. The quantitative estimate of drug-likeness (QED) is 0.619. The third kappa shape index (κ3) is 2.03. The van der Waals surface area contributed by atoms with Crippen LogP contribution in [0.5, 0.6) is 0 Å². The van der Waals surface area contributed by atoms with Crippen LogP contribution >= 0.6 is 0 Å². The SMILES string of the molecule is C=Nc1ccc(C2CCCCC2)cc1. The highest BCUT2D eigenvalue weighted by Crippen LogP contribution is 2.33. The second kappa shape index (κ2) is 4.41. The smallest absolute Gasteiger partial charge is 0.0622 e. The second-order valence-electron chi connectivity index (χ2n) is 4.08. The second-order valence-corrected chi connectivity index (χ2v) is 4.08. The highest BCUT2D eigenvalue weighted by atomic mass is 14.7. The predicted octanol–water partition coefficient (Wildman–Crippen LogP) is 4.07. The molecule has 0 N–H and O–H groups in total. The van der Waals surface area contributed by atoms with Crippen LogP contribution in [0.2, 0.25) is 0 Å². The van der Waals surface area contributed by atoms with E-state index in [9.17, 15) is 0 Å². The first-order valence-electron chi connectivity index (χ1n) is 5.47. The molecule has 0 spiro atoms. The molecule has 1 aliphatic carbocycles. The first kappa shape index (κ1) is 9.45. The zero-order chi connectivity index (χ0) is 9.80.